The Morgan fingerprint density at radius 1 is 1.07 bits per heavy atom. The van der Waals surface area contributed by atoms with Gasteiger partial charge in [-0.2, -0.15) is 0 Å². The molecule has 0 bridgehead atoms. The number of rotatable bonds is 0. The fourth-order valence-electron chi connectivity index (χ4n) is 1.68. The molecule has 0 N–H and O–H groups in total. The fourth-order valence-corrected chi connectivity index (χ4v) is 1.68. The maximum atomic E-state index is 2.31. The zero-order valence-corrected chi connectivity index (χ0v) is 9.90. The Morgan fingerprint density at radius 3 is 2.47 bits per heavy atom. The van der Waals surface area contributed by atoms with Crippen LogP contribution < -0.4 is 10.4 Å². The molecule has 0 nitrogen and oxygen atoms in total. The summed E-state index contributed by atoms with van der Waals surface area (Å²) in [5, 5.41) is 2.72. The first kappa shape index (κ1) is 11.8. The highest BCUT2D eigenvalue weighted by Crippen LogP contribution is 2.01. The topological polar surface area (TPSA) is 0 Å². The molecule has 0 saturated carbocycles. The van der Waals surface area contributed by atoms with Crippen LogP contribution in [-0.4, -0.2) is 0 Å². The van der Waals surface area contributed by atoms with Gasteiger partial charge in [-0.15, -0.1) is 0 Å². The van der Waals surface area contributed by atoms with E-state index in [9.17, 15) is 0 Å². The van der Waals surface area contributed by atoms with Crippen molar-refractivity contribution in [2.24, 2.45) is 5.92 Å². The van der Waals surface area contributed by atoms with E-state index in [1.54, 1.807) is 0 Å². The van der Waals surface area contributed by atoms with E-state index in [1.807, 2.05) is 13.8 Å². The van der Waals surface area contributed by atoms with Gasteiger partial charge < -0.3 is 0 Å². The molecule has 1 aliphatic carbocycles. The summed E-state index contributed by atoms with van der Waals surface area (Å²) in [7, 11) is 0. The van der Waals surface area contributed by atoms with Gasteiger partial charge in [0.25, 0.3) is 0 Å². The Bertz CT molecular complexity index is 424. The molecular formula is C15H20. The summed E-state index contributed by atoms with van der Waals surface area (Å²) < 4.78 is 0. The first-order valence-corrected chi connectivity index (χ1v) is 5.80. The second-order valence-corrected chi connectivity index (χ2v) is 3.52. The lowest BCUT2D eigenvalue weighted by molar-refractivity contribution is 0.984. The molecular weight excluding hydrogens is 180 g/mol. The van der Waals surface area contributed by atoms with Crippen LogP contribution in [0.2, 0.25) is 0 Å². The Kier molecular flexibility index (Phi) is 4.89. The van der Waals surface area contributed by atoms with E-state index in [2.05, 4.69) is 55.5 Å². The Labute approximate surface area is 92.6 Å². The molecule has 0 saturated heterocycles. The van der Waals surface area contributed by atoms with Crippen LogP contribution in [0.15, 0.2) is 36.4 Å². The minimum atomic E-state index is 0.551. The van der Waals surface area contributed by atoms with Crippen molar-refractivity contribution >= 4 is 12.2 Å². The summed E-state index contributed by atoms with van der Waals surface area (Å²) in [6.45, 7) is 6.22. The van der Waals surface area contributed by atoms with Crippen molar-refractivity contribution in [3.05, 3.63) is 46.9 Å². The lowest BCUT2D eigenvalue weighted by Crippen LogP contribution is -2.24. The lowest BCUT2D eigenvalue weighted by Gasteiger charge is -2.01. The molecule has 0 amide bonds. The molecule has 0 aromatic heterocycles. The van der Waals surface area contributed by atoms with Crippen LogP contribution in [0.1, 0.15) is 27.2 Å². The van der Waals surface area contributed by atoms with Gasteiger partial charge in [0.05, 0.1) is 0 Å². The largest absolute Gasteiger partial charge is 0.0841 e. The van der Waals surface area contributed by atoms with Crippen LogP contribution in [-0.2, 0) is 0 Å². The smallest absolute Gasteiger partial charge is 0.00726 e. The number of benzene rings is 1. The standard InChI is InChI=1S/C13H14.C2H6/c1-11-6-2-3-7-12-8-4-5-9-13(12)10-11;1-2/h2,4-11H,3H2,1H3;1-2H3/b6-2-,12-7-,13-10-;. The second-order valence-electron chi connectivity index (χ2n) is 3.52. The first-order valence-electron chi connectivity index (χ1n) is 5.80. The number of allylic oxidation sites excluding steroid dienone is 2. The molecule has 2 rings (SSSR count). The maximum absolute atomic E-state index is 2.31. The highest BCUT2D eigenvalue weighted by molar-refractivity contribution is 5.38. The Morgan fingerprint density at radius 2 is 1.73 bits per heavy atom. The summed E-state index contributed by atoms with van der Waals surface area (Å²) in [4.78, 5) is 0. The monoisotopic (exact) mass is 200 g/mol. The van der Waals surface area contributed by atoms with Gasteiger partial charge in [-0.1, -0.05) is 69.3 Å². The molecule has 15 heavy (non-hydrogen) atoms. The molecule has 80 valence electrons. The summed E-state index contributed by atoms with van der Waals surface area (Å²) in [6, 6.07) is 8.56. The highest BCUT2D eigenvalue weighted by Gasteiger charge is 1.93. The van der Waals surface area contributed by atoms with E-state index in [4.69, 9.17) is 0 Å². The van der Waals surface area contributed by atoms with Gasteiger partial charge in [-0.3, -0.25) is 0 Å². The molecule has 0 spiro atoms. The molecule has 0 aliphatic heterocycles. The normalized spacial score (nSPS) is 24.9. The van der Waals surface area contributed by atoms with Gasteiger partial charge in [0, 0.05) is 0 Å². The van der Waals surface area contributed by atoms with Crippen molar-refractivity contribution in [2.75, 3.05) is 0 Å². The van der Waals surface area contributed by atoms with E-state index in [0.717, 1.165) is 6.42 Å². The molecule has 1 unspecified atom stereocenters. The summed E-state index contributed by atoms with van der Waals surface area (Å²) in [6.07, 6.45) is 10.1. The number of hydrogen-bond acceptors (Lipinski definition) is 0. The van der Waals surface area contributed by atoms with Crippen molar-refractivity contribution in [3.63, 3.8) is 0 Å². The summed E-state index contributed by atoms with van der Waals surface area (Å²) >= 11 is 0. The van der Waals surface area contributed by atoms with E-state index in [0.29, 0.717) is 5.92 Å². The second kappa shape index (κ2) is 6.23. The molecule has 1 atom stereocenters. The zero-order chi connectivity index (χ0) is 11.1. The van der Waals surface area contributed by atoms with Crippen LogP contribution in [0.4, 0.5) is 0 Å². The van der Waals surface area contributed by atoms with Gasteiger partial charge in [0.15, 0.2) is 0 Å². The Balaban J connectivity index is 0.000000531. The third kappa shape index (κ3) is 3.39. The molecule has 1 aliphatic rings. The van der Waals surface area contributed by atoms with Crippen LogP contribution in [0.5, 0.6) is 0 Å². The van der Waals surface area contributed by atoms with E-state index in [-0.39, 0.29) is 0 Å². The van der Waals surface area contributed by atoms with Crippen molar-refractivity contribution in [2.45, 2.75) is 27.2 Å². The van der Waals surface area contributed by atoms with E-state index in [1.165, 1.54) is 10.4 Å². The van der Waals surface area contributed by atoms with Gasteiger partial charge in [-0.25, -0.2) is 0 Å². The third-order valence-corrected chi connectivity index (χ3v) is 2.35. The third-order valence-electron chi connectivity index (χ3n) is 2.35. The molecule has 0 fully saturated rings. The van der Waals surface area contributed by atoms with Crippen molar-refractivity contribution in [3.8, 4) is 0 Å². The average Bonchev–Trinajstić information content (AvgIpc) is 2.26. The highest BCUT2D eigenvalue weighted by atomic mass is 14.0. The maximum Gasteiger partial charge on any atom is -0.00726 e. The SMILES string of the molecule is CC.CC1/C=C\C/C=c2/cccc/c2=C/1. The minimum absolute atomic E-state index is 0.551. The number of fused-ring (bicyclic) bond motifs is 1. The lowest BCUT2D eigenvalue weighted by atomic mass is 10.0. The molecule has 0 heteroatoms. The minimum Gasteiger partial charge on any atom is -0.0841 e. The summed E-state index contributed by atoms with van der Waals surface area (Å²) in [5.41, 5.74) is 0. The van der Waals surface area contributed by atoms with Gasteiger partial charge in [0.2, 0.25) is 0 Å². The summed E-state index contributed by atoms with van der Waals surface area (Å²) in [5.74, 6) is 0.551. The van der Waals surface area contributed by atoms with Crippen LogP contribution in [0.3, 0.4) is 0 Å². The van der Waals surface area contributed by atoms with E-state index >= 15 is 0 Å². The average molecular weight is 200 g/mol. The number of hydrogen-bond donors (Lipinski definition) is 0. The molecule has 1 aromatic carbocycles. The van der Waals surface area contributed by atoms with E-state index < -0.39 is 0 Å². The van der Waals surface area contributed by atoms with Crippen LogP contribution >= 0.6 is 0 Å². The van der Waals surface area contributed by atoms with Gasteiger partial charge in [-0.05, 0) is 22.8 Å². The van der Waals surface area contributed by atoms with Crippen molar-refractivity contribution < 1.29 is 0 Å². The van der Waals surface area contributed by atoms with Crippen LogP contribution in [0, 0.1) is 5.92 Å². The molecule has 1 aromatic rings. The van der Waals surface area contributed by atoms with Gasteiger partial charge in [0.1, 0.15) is 0 Å². The van der Waals surface area contributed by atoms with Crippen molar-refractivity contribution in [1.29, 1.82) is 0 Å². The zero-order valence-electron chi connectivity index (χ0n) is 9.90. The van der Waals surface area contributed by atoms with Crippen LogP contribution in [0.25, 0.3) is 12.2 Å². The van der Waals surface area contributed by atoms with Crippen molar-refractivity contribution in [1.82, 2.24) is 0 Å². The van der Waals surface area contributed by atoms with Gasteiger partial charge >= 0.3 is 0 Å². The first-order chi connectivity index (χ1) is 7.36. The fraction of sp³-hybridized carbons (Fsp3) is 0.333. The molecule has 0 heterocycles. The predicted octanol–water partition coefficient (Wildman–Crippen LogP) is 2.87. The predicted molar refractivity (Wildman–Crippen MR) is 68.9 cm³/mol. The quantitative estimate of drug-likeness (QED) is 0.565. The Hall–Kier alpha value is -1.30. The molecule has 0 radical (unpaired) electrons.